The molecule has 3 rings (SSSR count). The number of carbonyl (C=O) groups excluding carboxylic acids is 1. The number of hydrogen-bond acceptors (Lipinski definition) is 6. The number of anilines is 2. The summed E-state index contributed by atoms with van der Waals surface area (Å²) in [6, 6.07) is 13.7. The third-order valence-electron chi connectivity index (χ3n) is 4.20. The first-order valence-corrected chi connectivity index (χ1v) is 8.25. The van der Waals surface area contributed by atoms with Crippen LogP contribution in [0.2, 0.25) is 0 Å². The molecule has 0 bridgehead atoms. The Hall–Kier alpha value is -3.68. The van der Waals surface area contributed by atoms with Crippen LogP contribution in [-0.2, 0) is 6.54 Å². The van der Waals surface area contributed by atoms with E-state index in [1.165, 1.54) is 18.2 Å². The van der Waals surface area contributed by atoms with Gasteiger partial charge in [-0.05, 0) is 23.8 Å². The maximum Gasteiger partial charge on any atom is 0.270 e. The summed E-state index contributed by atoms with van der Waals surface area (Å²) in [7, 11) is 3.83. The zero-order valence-corrected chi connectivity index (χ0v) is 15.0. The van der Waals surface area contributed by atoms with Crippen molar-refractivity contribution in [3.8, 4) is 0 Å². The zero-order chi connectivity index (χ0) is 19.6. The Kier molecular flexibility index (Phi) is 4.89. The number of non-ortho nitro benzene ring substituents is 1. The molecule has 1 amide bonds. The number of fused-ring (bicyclic) bond motifs is 1. The van der Waals surface area contributed by atoms with Crippen molar-refractivity contribution >= 4 is 34.0 Å². The van der Waals surface area contributed by atoms with Crippen molar-refractivity contribution in [2.45, 2.75) is 6.54 Å². The number of nitro benzene ring substituents is 1. The number of hydrogen-bond donors (Lipinski definition) is 2. The van der Waals surface area contributed by atoms with Crippen LogP contribution in [0.3, 0.4) is 0 Å². The van der Waals surface area contributed by atoms with E-state index in [2.05, 4.69) is 10.3 Å². The van der Waals surface area contributed by atoms with E-state index in [4.69, 9.17) is 5.73 Å². The fraction of sp³-hybridized carbons (Fsp3) is 0.158. The summed E-state index contributed by atoms with van der Waals surface area (Å²) in [5.41, 5.74) is 7.58. The van der Waals surface area contributed by atoms with Crippen LogP contribution in [0, 0.1) is 10.1 Å². The minimum Gasteiger partial charge on any atom is -0.380 e. The lowest BCUT2D eigenvalue weighted by atomic mass is 10.1. The van der Waals surface area contributed by atoms with Gasteiger partial charge < -0.3 is 16.0 Å². The summed E-state index contributed by atoms with van der Waals surface area (Å²) < 4.78 is 0. The van der Waals surface area contributed by atoms with Crippen LogP contribution in [-0.4, -0.2) is 29.9 Å². The lowest BCUT2D eigenvalue weighted by Crippen LogP contribution is -2.15. The number of benzene rings is 2. The fourth-order valence-corrected chi connectivity index (χ4v) is 2.80. The number of carbonyl (C=O) groups is 1. The molecule has 0 unspecified atom stereocenters. The highest BCUT2D eigenvalue weighted by Crippen LogP contribution is 2.25. The molecule has 0 aliphatic carbocycles. The van der Waals surface area contributed by atoms with Gasteiger partial charge in [-0.2, -0.15) is 0 Å². The number of pyridine rings is 1. The minimum atomic E-state index is -0.727. The van der Waals surface area contributed by atoms with Crippen LogP contribution < -0.4 is 16.0 Å². The second-order valence-electron chi connectivity index (χ2n) is 6.26. The number of primary amides is 1. The Balaban J connectivity index is 1.97. The molecular weight excluding hydrogens is 346 g/mol. The van der Waals surface area contributed by atoms with E-state index >= 15 is 0 Å². The molecule has 0 saturated heterocycles. The molecule has 27 heavy (non-hydrogen) atoms. The Bertz CT molecular complexity index is 1030. The van der Waals surface area contributed by atoms with E-state index in [1.54, 1.807) is 0 Å². The molecule has 1 heterocycles. The Labute approximate surface area is 155 Å². The van der Waals surface area contributed by atoms with Gasteiger partial charge in [0, 0.05) is 43.8 Å². The van der Waals surface area contributed by atoms with Gasteiger partial charge >= 0.3 is 0 Å². The maximum atomic E-state index is 11.7. The van der Waals surface area contributed by atoms with Gasteiger partial charge in [0.15, 0.2) is 0 Å². The highest BCUT2D eigenvalue weighted by atomic mass is 16.6. The van der Waals surface area contributed by atoms with Gasteiger partial charge in [-0.3, -0.25) is 14.9 Å². The first-order chi connectivity index (χ1) is 12.9. The van der Waals surface area contributed by atoms with Gasteiger partial charge in [0.1, 0.15) is 5.82 Å². The third-order valence-corrected chi connectivity index (χ3v) is 4.20. The van der Waals surface area contributed by atoms with Crippen LogP contribution in [0.25, 0.3) is 10.9 Å². The molecule has 0 atom stereocenters. The van der Waals surface area contributed by atoms with Crippen molar-refractivity contribution in [2.24, 2.45) is 5.73 Å². The normalized spacial score (nSPS) is 10.6. The van der Waals surface area contributed by atoms with Crippen LogP contribution in [0.5, 0.6) is 0 Å². The molecule has 0 saturated carbocycles. The molecular formula is C19H19N5O3. The molecule has 8 nitrogen and oxygen atoms in total. The van der Waals surface area contributed by atoms with Crippen LogP contribution in [0.1, 0.15) is 15.9 Å². The largest absolute Gasteiger partial charge is 0.380 e. The Morgan fingerprint density at radius 1 is 1.22 bits per heavy atom. The second-order valence-corrected chi connectivity index (χ2v) is 6.26. The highest BCUT2D eigenvalue weighted by molar-refractivity contribution is 5.99. The molecule has 0 spiro atoms. The van der Waals surface area contributed by atoms with Crippen molar-refractivity contribution < 1.29 is 9.72 Å². The number of nitrogens with one attached hydrogen (secondary N) is 1. The van der Waals surface area contributed by atoms with Crippen molar-refractivity contribution in [1.82, 2.24) is 4.98 Å². The van der Waals surface area contributed by atoms with E-state index in [0.29, 0.717) is 12.2 Å². The SMILES string of the molecule is CN(C)c1cc(CNc2ccc([N+](=O)[O-])cc2C(N)=O)c2ccccc2n1. The van der Waals surface area contributed by atoms with Crippen molar-refractivity contribution in [3.63, 3.8) is 0 Å². The molecule has 3 aromatic rings. The molecule has 3 N–H and O–H groups in total. The van der Waals surface area contributed by atoms with E-state index in [1.807, 2.05) is 49.3 Å². The van der Waals surface area contributed by atoms with Gasteiger partial charge in [-0.25, -0.2) is 4.98 Å². The number of nitrogens with two attached hydrogens (primary N) is 1. The van der Waals surface area contributed by atoms with Gasteiger partial charge in [-0.15, -0.1) is 0 Å². The quantitative estimate of drug-likeness (QED) is 0.513. The zero-order valence-electron chi connectivity index (χ0n) is 15.0. The van der Waals surface area contributed by atoms with Crippen molar-refractivity contribution in [3.05, 3.63) is 69.8 Å². The molecule has 0 fully saturated rings. The number of nitro groups is 1. The van der Waals surface area contributed by atoms with Gasteiger partial charge in [-0.1, -0.05) is 18.2 Å². The maximum absolute atomic E-state index is 11.7. The smallest absolute Gasteiger partial charge is 0.270 e. The fourth-order valence-electron chi connectivity index (χ4n) is 2.80. The van der Waals surface area contributed by atoms with Crippen molar-refractivity contribution in [2.75, 3.05) is 24.3 Å². The number of rotatable bonds is 6. The average molecular weight is 365 g/mol. The number of aromatic nitrogens is 1. The third kappa shape index (κ3) is 3.79. The van der Waals surface area contributed by atoms with E-state index in [-0.39, 0.29) is 11.3 Å². The minimum absolute atomic E-state index is 0.0791. The summed E-state index contributed by atoms with van der Waals surface area (Å²) in [4.78, 5) is 28.6. The topological polar surface area (TPSA) is 114 Å². The molecule has 0 radical (unpaired) electrons. The first-order valence-electron chi connectivity index (χ1n) is 8.25. The monoisotopic (exact) mass is 365 g/mol. The Morgan fingerprint density at radius 2 is 1.96 bits per heavy atom. The summed E-state index contributed by atoms with van der Waals surface area (Å²) in [6.07, 6.45) is 0. The molecule has 0 aliphatic rings. The second kappa shape index (κ2) is 7.28. The lowest BCUT2D eigenvalue weighted by molar-refractivity contribution is -0.384. The van der Waals surface area contributed by atoms with Crippen molar-refractivity contribution in [1.29, 1.82) is 0 Å². The summed E-state index contributed by atoms with van der Waals surface area (Å²) >= 11 is 0. The van der Waals surface area contributed by atoms with E-state index in [0.717, 1.165) is 22.3 Å². The molecule has 2 aromatic carbocycles. The summed E-state index contributed by atoms with van der Waals surface area (Å²) in [5, 5.41) is 15.1. The lowest BCUT2D eigenvalue weighted by Gasteiger charge is -2.16. The van der Waals surface area contributed by atoms with Gasteiger partial charge in [0.2, 0.25) is 0 Å². The summed E-state index contributed by atoms with van der Waals surface area (Å²) in [5.74, 6) is 0.0825. The first kappa shape index (κ1) is 18.1. The van der Waals surface area contributed by atoms with Gasteiger partial charge in [0.05, 0.1) is 16.0 Å². The van der Waals surface area contributed by atoms with E-state index < -0.39 is 10.8 Å². The molecule has 8 heteroatoms. The number of para-hydroxylation sites is 1. The number of nitrogens with zero attached hydrogens (tertiary/aromatic N) is 3. The average Bonchev–Trinajstić information content (AvgIpc) is 2.65. The van der Waals surface area contributed by atoms with Crippen LogP contribution >= 0.6 is 0 Å². The molecule has 0 aliphatic heterocycles. The van der Waals surface area contributed by atoms with Gasteiger partial charge in [0.25, 0.3) is 11.6 Å². The predicted octanol–water partition coefficient (Wildman–Crippen LogP) is 2.92. The summed E-state index contributed by atoms with van der Waals surface area (Å²) in [6.45, 7) is 0.405. The highest BCUT2D eigenvalue weighted by Gasteiger charge is 2.15. The molecule has 138 valence electrons. The van der Waals surface area contributed by atoms with Crippen LogP contribution in [0.15, 0.2) is 48.5 Å². The molecule has 1 aromatic heterocycles. The van der Waals surface area contributed by atoms with Crippen LogP contribution in [0.4, 0.5) is 17.2 Å². The predicted molar refractivity (Wildman–Crippen MR) is 105 cm³/mol. The number of amides is 1. The standard InChI is InChI=1S/C19H19N5O3/c1-23(2)18-9-12(14-5-3-4-6-17(14)22-18)11-21-16-8-7-13(24(26)27)10-15(16)19(20)25/h3-10,21H,11H2,1-2H3,(H2,20,25). The Morgan fingerprint density at radius 3 is 2.63 bits per heavy atom. The van der Waals surface area contributed by atoms with E-state index in [9.17, 15) is 14.9 Å².